The lowest BCUT2D eigenvalue weighted by molar-refractivity contribution is -0.118. The van der Waals surface area contributed by atoms with Crippen molar-refractivity contribution in [3.05, 3.63) is 23.2 Å². The van der Waals surface area contributed by atoms with Crippen LogP contribution in [0.1, 0.15) is 6.92 Å². The second-order valence-corrected chi connectivity index (χ2v) is 3.67. The molecule has 0 spiro atoms. The van der Waals surface area contributed by atoms with Crippen LogP contribution < -0.4 is 15.4 Å². The molecule has 88 valence electrons. The summed E-state index contributed by atoms with van der Waals surface area (Å²) in [5.41, 5.74) is 0.909. The fourth-order valence-electron chi connectivity index (χ4n) is 1.22. The minimum atomic E-state index is -0.0320. The van der Waals surface area contributed by atoms with Crippen LogP contribution in [0.5, 0.6) is 5.75 Å². The number of halogens is 1. The minimum Gasteiger partial charge on any atom is -0.495 e. The van der Waals surface area contributed by atoms with E-state index in [4.69, 9.17) is 16.3 Å². The number of carbonyl (C=O) groups excluding carboxylic acids is 1. The SMILES string of the molecule is COc1cc(NCCNC(C)=O)ccc1Cl. The Kier molecular flexibility index (Phi) is 4.92. The molecule has 0 radical (unpaired) electrons. The van der Waals surface area contributed by atoms with Gasteiger partial charge in [-0.05, 0) is 12.1 Å². The molecular formula is C11H15ClN2O2. The largest absolute Gasteiger partial charge is 0.495 e. The number of ether oxygens (including phenoxy) is 1. The van der Waals surface area contributed by atoms with Crippen molar-refractivity contribution in [3.63, 3.8) is 0 Å². The molecule has 16 heavy (non-hydrogen) atoms. The van der Waals surface area contributed by atoms with Crippen LogP contribution in [0.15, 0.2) is 18.2 Å². The van der Waals surface area contributed by atoms with Crippen LogP contribution >= 0.6 is 11.6 Å². The van der Waals surface area contributed by atoms with Gasteiger partial charge in [0.1, 0.15) is 5.75 Å². The van der Waals surface area contributed by atoms with Gasteiger partial charge in [0.25, 0.3) is 0 Å². The highest BCUT2D eigenvalue weighted by atomic mass is 35.5. The molecule has 0 saturated carbocycles. The van der Waals surface area contributed by atoms with E-state index in [1.54, 1.807) is 13.2 Å². The molecule has 5 heteroatoms. The van der Waals surface area contributed by atoms with Gasteiger partial charge in [0.05, 0.1) is 12.1 Å². The number of nitrogens with one attached hydrogen (secondary N) is 2. The molecule has 0 aromatic heterocycles. The first-order valence-electron chi connectivity index (χ1n) is 4.95. The maximum Gasteiger partial charge on any atom is 0.216 e. The number of hydrogen-bond acceptors (Lipinski definition) is 3. The van der Waals surface area contributed by atoms with Crippen molar-refractivity contribution in [2.24, 2.45) is 0 Å². The molecule has 1 rings (SSSR count). The Morgan fingerprint density at radius 1 is 1.44 bits per heavy atom. The van der Waals surface area contributed by atoms with Gasteiger partial charge in [0.2, 0.25) is 5.91 Å². The topological polar surface area (TPSA) is 50.4 Å². The van der Waals surface area contributed by atoms with Gasteiger partial charge in [-0.3, -0.25) is 4.79 Å². The third-order valence-electron chi connectivity index (χ3n) is 1.98. The van der Waals surface area contributed by atoms with Crippen molar-refractivity contribution in [2.75, 3.05) is 25.5 Å². The number of amides is 1. The molecule has 0 heterocycles. The van der Waals surface area contributed by atoms with E-state index in [0.717, 1.165) is 5.69 Å². The third kappa shape index (κ3) is 3.98. The van der Waals surface area contributed by atoms with Crippen molar-refractivity contribution in [1.29, 1.82) is 0 Å². The summed E-state index contributed by atoms with van der Waals surface area (Å²) in [5, 5.41) is 6.42. The monoisotopic (exact) mass is 242 g/mol. The van der Waals surface area contributed by atoms with E-state index >= 15 is 0 Å². The van der Waals surface area contributed by atoms with Gasteiger partial charge in [0, 0.05) is 31.8 Å². The van der Waals surface area contributed by atoms with E-state index in [1.165, 1.54) is 6.92 Å². The second kappa shape index (κ2) is 6.23. The Hall–Kier alpha value is -1.42. The smallest absolute Gasteiger partial charge is 0.216 e. The summed E-state index contributed by atoms with van der Waals surface area (Å²) in [7, 11) is 1.57. The number of rotatable bonds is 5. The molecule has 0 bridgehead atoms. The molecule has 1 aromatic rings. The van der Waals surface area contributed by atoms with Gasteiger partial charge >= 0.3 is 0 Å². The summed E-state index contributed by atoms with van der Waals surface area (Å²) in [5.74, 6) is 0.599. The molecular weight excluding hydrogens is 228 g/mol. The highest BCUT2D eigenvalue weighted by Gasteiger charge is 2.01. The van der Waals surface area contributed by atoms with Crippen molar-refractivity contribution in [1.82, 2.24) is 5.32 Å². The maximum atomic E-state index is 10.6. The van der Waals surface area contributed by atoms with Crippen molar-refractivity contribution in [2.45, 2.75) is 6.92 Å². The van der Waals surface area contributed by atoms with Crippen LogP contribution in [-0.4, -0.2) is 26.1 Å². The molecule has 0 aliphatic carbocycles. The molecule has 0 unspecified atom stereocenters. The maximum absolute atomic E-state index is 10.6. The van der Waals surface area contributed by atoms with E-state index in [0.29, 0.717) is 23.9 Å². The Balaban J connectivity index is 2.45. The number of anilines is 1. The summed E-state index contributed by atoms with van der Waals surface area (Å²) >= 11 is 5.89. The Morgan fingerprint density at radius 2 is 2.19 bits per heavy atom. The third-order valence-corrected chi connectivity index (χ3v) is 2.29. The lowest BCUT2D eigenvalue weighted by Gasteiger charge is -2.09. The van der Waals surface area contributed by atoms with Crippen LogP contribution in [0.3, 0.4) is 0 Å². The first-order chi connectivity index (χ1) is 7.63. The molecule has 4 nitrogen and oxygen atoms in total. The van der Waals surface area contributed by atoms with Crippen LogP contribution in [0, 0.1) is 0 Å². The summed E-state index contributed by atoms with van der Waals surface area (Å²) < 4.78 is 5.09. The first-order valence-corrected chi connectivity index (χ1v) is 5.33. The summed E-state index contributed by atoms with van der Waals surface area (Å²) in [6, 6.07) is 5.44. The Morgan fingerprint density at radius 3 is 2.81 bits per heavy atom. The molecule has 0 aliphatic heterocycles. The number of methoxy groups -OCH3 is 1. The normalized spacial score (nSPS) is 9.69. The predicted octanol–water partition coefficient (Wildman–Crippen LogP) is 1.90. The van der Waals surface area contributed by atoms with E-state index in [9.17, 15) is 4.79 Å². The zero-order valence-electron chi connectivity index (χ0n) is 9.34. The molecule has 1 aromatic carbocycles. The van der Waals surface area contributed by atoms with Crippen molar-refractivity contribution in [3.8, 4) is 5.75 Å². The first kappa shape index (κ1) is 12.6. The molecule has 1 amide bonds. The standard InChI is InChI=1S/C11H15ClN2O2/c1-8(15)13-5-6-14-9-3-4-10(12)11(7-9)16-2/h3-4,7,14H,5-6H2,1-2H3,(H,13,15). The summed E-state index contributed by atoms with van der Waals surface area (Å²) in [6.07, 6.45) is 0. The van der Waals surface area contributed by atoms with E-state index in [2.05, 4.69) is 10.6 Å². The van der Waals surface area contributed by atoms with Crippen LogP contribution in [0.4, 0.5) is 5.69 Å². The molecule has 2 N–H and O–H groups in total. The zero-order chi connectivity index (χ0) is 12.0. The van der Waals surface area contributed by atoms with E-state index in [1.807, 2.05) is 12.1 Å². The lowest BCUT2D eigenvalue weighted by atomic mass is 10.3. The van der Waals surface area contributed by atoms with Gasteiger partial charge in [-0.1, -0.05) is 11.6 Å². The molecule has 0 saturated heterocycles. The molecule has 0 fully saturated rings. The second-order valence-electron chi connectivity index (χ2n) is 3.26. The number of carbonyl (C=O) groups is 1. The fraction of sp³-hybridized carbons (Fsp3) is 0.364. The fourth-order valence-corrected chi connectivity index (χ4v) is 1.41. The highest BCUT2D eigenvalue weighted by Crippen LogP contribution is 2.27. The highest BCUT2D eigenvalue weighted by molar-refractivity contribution is 6.32. The summed E-state index contributed by atoms with van der Waals surface area (Å²) in [6.45, 7) is 2.73. The van der Waals surface area contributed by atoms with Gasteiger partial charge in [-0.15, -0.1) is 0 Å². The lowest BCUT2D eigenvalue weighted by Crippen LogP contribution is -2.26. The van der Waals surface area contributed by atoms with E-state index < -0.39 is 0 Å². The van der Waals surface area contributed by atoms with Gasteiger partial charge in [0.15, 0.2) is 0 Å². The summed E-state index contributed by atoms with van der Waals surface area (Å²) in [4.78, 5) is 10.6. The number of hydrogen-bond donors (Lipinski definition) is 2. The van der Waals surface area contributed by atoms with Gasteiger partial charge in [-0.2, -0.15) is 0 Å². The number of benzene rings is 1. The van der Waals surface area contributed by atoms with Crippen molar-refractivity contribution < 1.29 is 9.53 Å². The minimum absolute atomic E-state index is 0.0320. The van der Waals surface area contributed by atoms with Gasteiger partial charge < -0.3 is 15.4 Å². The average molecular weight is 243 g/mol. The average Bonchev–Trinajstić information content (AvgIpc) is 2.26. The Labute approximate surface area is 99.9 Å². The van der Waals surface area contributed by atoms with Gasteiger partial charge in [-0.25, -0.2) is 0 Å². The molecule has 0 atom stereocenters. The Bertz CT molecular complexity index is 369. The van der Waals surface area contributed by atoms with Crippen LogP contribution in [-0.2, 0) is 4.79 Å². The predicted molar refractivity (Wildman–Crippen MR) is 65.2 cm³/mol. The quantitative estimate of drug-likeness (QED) is 0.776. The van der Waals surface area contributed by atoms with E-state index in [-0.39, 0.29) is 5.91 Å². The van der Waals surface area contributed by atoms with Crippen molar-refractivity contribution >= 4 is 23.2 Å². The molecule has 0 aliphatic rings. The van der Waals surface area contributed by atoms with Crippen LogP contribution in [0.25, 0.3) is 0 Å². The zero-order valence-corrected chi connectivity index (χ0v) is 10.1. The van der Waals surface area contributed by atoms with Crippen LogP contribution in [0.2, 0.25) is 5.02 Å².